The fraction of sp³-hybridized carbons (Fsp3) is 0.300. The molecule has 0 saturated carbocycles. The number of hydrogen-bond donors (Lipinski definition) is 3. The van der Waals surface area contributed by atoms with Gasteiger partial charge in [-0.25, -0.2) is 0 Å². The summed E-state index contributed by atoms with van der Waals surface area (Å²) >= 11 is 0. The number of benzene rings is 1. The van der Waals surface area contributed by atoms with E-state index in [9.17, 15) is 4.79 Å². The van der Waals surface area contributed by atoms with Crippen molar-refractivity contribution < 1.29 is 14.8 Å². The highest BCUT2D eigenvalue weighted by atomic mass is 16.4. The van der Waals surface area contributed by atoms with Gasteiger partial charge in [0.1, 0.15) is 0 Å². The first-order valence-corrected chi connectivity index (χ1v) is 4.92. The van der Waals surface area contributed by atoms with E-state index in [2.05, 4.69) is 5.32 Å². The Bertz CT molecular complexity index is 363. The van der Waals surface area contributed by atoms with E-state index >= 15 is 0 Å². The van der Waals surface area contributed by atoms with Crippen LogP contribution >= 0.6 is 0 Å². The summed E-state index contributed by atoms with van der Waals surface area (Å²) in [6.45, 7) is 0.716. The normalized spacial score (nSPS) is 20.1. The van der Waals surface area contributed by atoms with Crippen LogP contribution < -0.4 is 10.8 Å². The van der Waals surface area contributed by atoms with E-state index in [-0.39, 0.29) is 11.8 Å². The maximum absolute atomic E-state index is 11.4. The SMILES string of the molecule is O=C1NCCC1c1ccc(B(O)O)cc1. The monoisotopic (exact) mass is 205 g/mol. The van der Waals surface area contributed by atoms with Crippen LogP contribution in [0, 0.1) is 0 Å². The molecule has 2 rings (SSSR count). The molecular weight excluding hydrogens is 193 g/mol. The van der Waals surface area contributed by atoms with Gasteiger partial charge in [0.2, 0.25) is 5.91 Å². The lowest BCUT2D eigenvalue weighted by Gasteiger charge is -2.07. The van der Waals surface area contributed by atoms with Crippen molar-refractivity contribution in [2.45, 2.75) is 12.3 Å². The van der Waals surface area contributed by atoms with Crippen LogP contribution in [0.15, 0.2) is 24.3 Å². The van der Waals surface area contributed by atoms with Gasteiger partial charge >= 0.3 is 7.12 Å². The largest absolute Gasteiger partial charge is 0.488 e. The van der Waals surface area contributed by atoms with E-state index in [1.807, 2.05) is 0 Å². The second kappa shape index (κ2) is 4.04. The van der Waals surface area contributed by atoms with Crippen molar-refractivity contribution in [3.63, 3.8) is 0 Å². The topological polar surface area (TPSA) is 69.6 Å². The number of carbonyl (C=O) groups excluding carboxylic acids is 1. The second-order valence-electron chi connectivity index (χ2n) is 3.67. The van der Waals surface area contributed by atoms with Crippen molar-refractivity contribution in [3.8, 4) is 0 Å². The fourth-order valence-electron chi connectivity index (χ4n) is 1.81. The Kier molecular flexibility index (Phi) is 2.75. The lowest BCUT2D eigenvalue weighted by molar-refractivity contribution is -0.120. The Morgan fingerprint density at radius 3 is 2.40 bits per heavy atom. The van der Waals surface area contributed by atoms with E-state index in [0.717, 1.165) is 12.0 Å². The summed E-state index contributed by atoms with van der Waals surface area (Å²) in [5.74, 6) is -0.0396. The molecule has 15 heavy (non-hydrogen) atoms. The minimum atomic E-state index is -1.45. The van der Waals surface area contributed by atoms with Crippen LogP contribution in [0.3, 0.4) is 0 Å². The van der Waals surface area contributed by atoms with Crippen molar-refractivity contribution in [2.75, 3.05) is 6.54 Å². The predicted molar refractivity (Wildman–Crippen MR) is 56.6 cm³/mol. The van der Waals surface area contributed by atoms with Crippen molar-refractivity contribution in [2.24, 2.45) is 0 Å². The van der Waals surface area contributed by atoms with E-state index in [0.29, 0.717) is 12.0 Å². The number of nitrogens with one attached hydrogen (secondary N) is 1. The lowest BCUT2D eigenvalue weighted by Crippen LogP contribution is -2.29. The molecule has 4 nitrogen and oxygen atoms in total. The summed E-state index contributed by atoms with van der Waals surface area (Å²) in [4.78, 5) is 11.4. The van der Waals surface area contributed by atoms with Gasteiger partial charge in [0.05, 0.1) is 5.92 Å². The molecule has 0 aliphatic carbocycles. The van der Waals surface area contributed by atoms with Crippen LogP contribution in [-0.4, -0.2) is 29.6 Å². The zero-order valence-corrected chi connectivity index (χ0v) is 8.18. The summed E-state index contributed by atoms with van der Waals surface area (Å²) in [6, 6.07) is 6.80. The van der Waals surface area contributed by atoms with Gasteiger partial charge in [-0.15, -0.1) is 0 Å². The number of hydrogen-bond acceptors (Lipinski definition) is 3. The van der Waals surface area contributed by atoms with Crippen LogP contribution in [0.2, 0.25) is 0 Å². The second-order valence-corrected chi connectivity index (χ2v) is 3.67. The van der Waals surface area contributed by atoms with Gasteiger partial charge in [-0.3, -0.25) is 4.79 Å². The molecule has 0 bridgehead atoms. The summed E-state index contributed by atoms with van der Waals surface area (Å²) in [5, 5.41) is 20.6. The molecule has 1 heterocycles. The van der Waals surface area contributed by atoms with Gasteiger partial charge in [-0.05, 0) is 17.4 Å². The molecule has 0 radical (unpaired) electrons. The molecule has 78 valence electrons. The van der Waals surface area contributed by atoms with Crippen molar-refractivity contribution in [3.05, 3.63) is 29.8 Å². The number of rotatable bonds is 2. The summed E-state index contributed by atoms with van der Waals surface area (Å²) in [5.41, 5.74) is 1.37. The van der Waals surface area contributed by atoms with Gasteiger partial charge < -0.3 is 15.4 Å². The van der Waals surface area contributed by atoms with Crippen molar-refractivity contribution in [1.29, 1.82) is 0 Å². The Labute approximate surface area is 88.1 Å². The van der Waals surface area contributed by atoms with Crippen LogP contribution in [0.5, 0.6) is 0 Å². The Balaban J connectivity index is 2.19. The smallest absolute Gasteiger partial charge is 0.423 e. The lowest BCUT2D eigenvalue weighted by atomic mass is 9.79. The third-order valence-corrected chi connectivity index (χ3v) is 2.69. The molecule has 0 spiro atoms. The van der Waals surface area contributed by atoms with Gasteiger partial charge in [0.15, 0.2) is 0 Å². The van der Waals surface area contributed by atoms with E-state index < -0.39 is 7.12 Å². The van der Waals surface area contributed by atoms with Crippen LogP contribution in [0.4, 0.5) is 0 Å². The highest BCUT2D eigenvalue weighted by Crippen LogP contribution is 2.22. The van der Waals surface area contributed by atoms with Gasteiger partial charge in [0, 0.05) is 6.54 Å². The summed E-state index contributed by atoms with van der Waals surface area (Å²) < 4.78 is 0. The fourth-order valence-corrected chi connectivity index (χ4v) is 1.81. The Morgan fingerprint density at radius 1 is 1.27 bits per heavy atom. The van der Waals surface area contributed by atoms with Gasteiger partial charge in [-0.2, -0.15) is 0 Å². The molecule has 3 N–H and O–H groups in total. The molecule has 1 atom stereocenters. The molecule has 1 fully saturated rings. The quantitative estimate of drug-likeness (QED) is 0.540. The maximum Gasteiger partial charge on any atom is 0.488 e. The predicted octanol–water partition coefficient (Wildman–Crippen LogP) is -1.03. The standard InChI is InChI=1S/C10H12BNO3/c13-10-9(5-6-12-10)7-1-3-8(4-2-7)11(14)15/h1-4,9,14-15H,5-6H2,(H,12,13). The minimum absolute atomic E-state index is 0.0484. The van der Waals surface area contributed by atoms with E-state index in [4.69, 9.17) is 10.0 Å². The third-order valence-electron chi connectivity index (χ3n) is 2.69. The summed E-state index contributed by atoms with van der Waals surface area (Å²) in [6.07, 6.45) is 0.805. The van der Waals surface area contributed by atoms with Crippen molar-refractivity contribution in [1.82, 2.24) is 5.32 Å². The summed E-state index contributed by atoms with van der Waals surface area (Å²) in [7, 11) is -1.45. The molecule has 1 aromatic carbocycles. The average molecular weight is 205 g/mol. The number of carbonyl (C=O) groups is 1. The van der Waals surface area contributed by atoms with Crippen molar-refractivity contribution >= 4 is 18.5 Å². The van der Waals surface area contributed by atoms with E-state index in [1.165, 1.54) is 0 Å². The average Bonchev–Trinajstić information content (AvgIpc) is 2.65. The van der Waals surface area contributed by atoms with Crippen LogP contribution in [0.25, 0.3) is 0 Å². The van der Waals surface area contributed by atoms with Crippen LogP contribution in [-0.2, 0) is 4.79 Å². The molecule has 5 heteroatoms. The van der Waals surface area contributed by atoms with Gasteiger partial charge in [-0.1, -0.05) is 24.3 Å². The molecule has 1 saturated heterocycles. The first kappa shape index (κ1) is 10.2. The van der Waals surface area contributed by atoms with Crippen LogP contribution in [0.1, 0.15) is 17.9 Å². The Hall–Kier alpha value is -1.33. The Morgan fingerprint density at radius 2 is 1.93 bits per heavy atom. The molecule has 1 aromatic rings. The zero-order chi connectivity index (χ0) is 10.8. The highest BCUT2D eigenvalue weighted by Gasteiger charge is 2.25. The minimum Gasteiger partial charge on any atom is -0.423 e. The molecule has 1 amide bonds. The molecule has 1 aliphatic rings. The molecule has 1 unspecified atom stereocenters. The maximum atomic E-state index is 11.4. The zero-order valence-electron chi connectivity index (χ0n) is 8.18. The van der Waals surface area contributed by atoms with Gasteiger partial charge in [0.25, 0.3) is 0 Å². The molecular formula is C10H12BNO3. The first-order valence-electron chi connectivity index (χ1n) is 4.92. The number of amides is 1. The highest BCUT2D eigenvalue weighted by molar-refractivity contribution is 6.58. The third kappa shape index (κ3) is 2.03. The molecule has 0 aromatic heterocycles. The van der Waals surface area contributed by atoms with E-state index in [1.54, 1.807) is 24.3 Å². The first-order chi connectivity index (χ1) is 7.18. The molecule has 1 aliphatic heterocycles.